The zero-order chi connectivity index (χ0) is 19.3. The van der Waals surface area contributed by atoms with Gasteiger partial charge in [0.25, 0.3) is 0 Å². The SMILES string of the molecule is C[C@H]1CCCCN1C(=O)CSc1nnc(N2CCCCC2)n1-c1ccccc1. The Morgan fingerprint density at radius 1 is 1.04 bits per heavy atom. The lowest BCUT2D eigenvalue weighted by atomic mass is 10.0. The third-order valence-corrected chi connectivity index (χ3v) is 6.63. The molecule has 3 heterocycles. The van der Waals surface area contributed by atoms with Crippen molar-refractivity contribution >= 4 is 23.6 Å². The summed E-state index contributed by atoms with van der Waals surface area (Å²) < 4.78 is 2.11. The normalized spacial score (nSPS) is 20.4. The first kappa shape index (κ1) is 19.3. The molecular formula is C21H29N5OS. The Hall–Kier alpha value is -2.02. The minimum Gasteiger partial charge on any atom is -0.341 e. The van der Waals surface area contributed by atoms with Gasteiger partial charge in [0.2, 0.25) is 11.9 Å². The second kappa shape index (κ2) is 8.99. The van der Waals surface area contributed by atoms with E-state index in [4.69, 9.17) is 0 Å². The molecule has 150 valence electrons. The van der Waals surface area contributed by atoms with Crippen LogP contribution in [0.2, 0.25) is 0 Å². The van der Waals surface area contributed by atoms with Crippen molar-refractivity contribution in [3.05, 3.63) is 30.3 Å². The van der Waals surface area contributed by atoms with E-state index in [9.17, 15) is 4.79 Å². The first-order chi connectivity index (χ1) is 13.7. The Morgan fingerprint density at radius 2 is 1.79 bits per heavy atom. The highest BCUT2D eigenvalue weighted by Gasteiger charge is 2.25. The van der Waals surface area contributed by atoms with Crippen LogP contribution in [0.1, 0.15) is 45.4 Å². The maximum atomic E-state index is 12.8. The van der Waals surface area contributed by atoms with Gasteiger partial charge in [-0.2, -0.15) is 0 Å². The lowest BCUT2D eigenvalue weighted by Crippen LogP contribution is -2.43. The van der Waals surface area contributed by atoms with Crippen LogP contribution in [0.15, 0.2) is 35.5 Å². The van der Waals surface area contributed by atoms with Gasteiger partial charge in [-0.3, -0.25) is 9.36 Å². The van der Waals surface area contributed by atoms with Crippen molar-refractivity contribution in [1.82, 2.24) is 19.7 Å². The molecule has 1 atom stereocenters. The zero-order valence-electron chi connectivity index (χ0n) is 16.6. The standard InChI is InChI=1S/C21H29N5OS/c1-17-10-6-9-15-25(17)19(27)16-28-21-23-22-20(24-13-7-3-8-14-24)26(21)18-11-4-2-5-12-18/h2,4-5,11-12,17H,3,6-10,13-16H2,1H3/t17-/m0/s1. The van der Waals surface area contributed by atoms with E-state index in [1.807, 2.05) is 23.1 Å². The number of hydrogen-bond donors (Lipinski definition) is 0. The molecule has 4 rings (SSSR count). The molecule has 2 saturated heterocycles. The lowest BCUT2D eigenvalue weighted by Gasteiger charge is -2.33. The van der Waals surface area contributed by atoms with E-state index >= 15 is 0 Å². The van der Waals surface area contributed by atoms with Crippen molar-refractivity contribution < 1.29 is 4.79 Å². The first-order valence-electron chi connectivity index (χ1n) is 10.4. The fourth-order valence-electron chi connectivity index (χ4n) is 4.14. The summed E-state index contributed by atoms with van der Waals surface area (Å²) in [6, 6.07) is 10.6. The summed E-state index contributed by atoms with van der Waals surface area (Å²) >= 11 is 1.50. The van der Waals surface area contributed by atoms with E-state index in [0.717, 1.165) is 49.3 Å². The van der Waals surface area contributed by atoms with Crippen molar-refractivity contribution in [2.24, 2.45) is 0 Å². The summed E-state index contributed by atoms with van der Waals surface area (Å²) in [5.74, 6) is 1.52. The minimum atomic E-state index is 0.208. The minimum absolute atomic E-state index is 0.208. The number of hydrogen-bond acceptors (Lipinski definition) is 5. The fourth-order valence-corrected chi connectivity index (χ4v) is 4.97. The summed E-state index contributed by atoms with van der Waals surface area (Å²) in [6.45, 7) is 5.06. The third kappa shape index (κ3) is 4.19. The number of amides is 1. The number of nitrogens with zero attached hydrogens (tertiary/aromatic N) is 5. The highest BCUT2D eigenvalue weighted by molar-refractivity contribution is 7.99. The van der Waals surface area contributed by atoms with Crippen LogP contribution in [0.3, 0.4) is 0 Å². The predicted molar refractivity (Wildman–Crippen MR) is 113 cm³/mol. The van der Waals surface area contributed by atoms with Crippen molar-refractivity contribution in [3.8, 4) is 5.69 Å². The first-order valence-corrected chi connectivity index (χ1v) is 11.4. The van der Waals surface area contributed by atoms with Gasteiger partial charge in [0.1, 0.15) is 0 Å². The molecule has 0 saturated carbocycles. The van der Waals surface area contributed by atoms with Crippen LogP contribution in [-0.4, -0.2) is 57.0 Å². The van der Waals surface area contributed by atoms with Crippen LogP contribution in [-0.2, 0) is 4.79 Å². The van der Waals surface area contributed by atoms with Gasteiger partial charge in [0, 0.05) is 25.7 Å². The van der Waals surface area contributed by atoms with Gasteiger partial charge in [-0.15, -0.1) is 10.2 Å². The molecule has 1 aromatic heterocycles. The molecule has 2 aliphatic rings. The highest BCUT2D eigenvalue weighted by Crippen LogP contribution is 2.29. The monoisotopic (exact) mass is 399 g/mol. The van der Waals surface area contributed by atoms with Crippen LogP contribution in [0, 0.1) is 0 Å². The maximum absolute atomic E-state index is 12.8. The molecule has 0 unspecified atom stereocenters. The fraction of sp³-hybridized carbons (Fsp3) is 0.571. The molecular weight excluding hydrogens is 370 g/mol. The van der Waals surface area contributed by atoms with E-state index in [0.29, 0.717) is 11.8 Å². The van der Waals surface area contributed by atoms with Gasteiger partial charge in [0.15, 0.2) is 5.16 Å². The molecule has 2 aliphatic heterocycles. The number of aromatic nitrogens is 3. The Kier molecular flexibility index (Phi) is 6.20. The highest BCUT2D eigenvalue weighted by atomic mass is 32.2. The number of carbonyl (C=O) groups excluding carboxylic acids is 1. The number of rotatable bonds is 5. The van der Waals surface area contributed by atoms with Crippen LogP contribution in [0.5, 0.6) is 0 Å². The number of likely N-dealkylation sites (tertiary alicyclic amines) is 1. The molecule has 2 fully saturated rings. The van der Waals surface area contributed by atoms with Crippen LogP contribution in [0.25, 0.3) is 5.69 Å². The van der Waals surface area contributed by atoms with Gasteiger partial charge >= 0.3 is 0 Å². The molecule has 6 nitrogen and oxygen atoms in total. The Bertz CT molecular complexity index is 787. The van der Waals surface area contributed by atoms with Gasteiger partial charge in [0.05, 0.1) is 11.4 Å². The number of carbonyl (C=O) groups is 1. The van der Waals surface area contributed by atoms with Crippen molar-refractivity contribution in [2.75, 3.05) is 30.3 Å². The molecule has 7 heteroatoms. The topological polar surface area (TPSA) is 54.3 Å². The Morgan fingerprint density at radius 3 is 2.54 bits per heavy atom. The average Bonchev–Trinajstić information content (AvgIpc) is 3.17. The van der Waals surface area contributed by atoms with E-state index in [-0.39, 0.29) is 5.91 Å². The molecule has 1 aromatic carbocycles. The van der Waals surface area contributed by atoms with Crippen LogP contribution >= 0.6 is 11.8 Å². The van der Waals surface area contributed by atoms with E-state index in [1.165, 1.54) is 37.4 Å². The predicted octanol–water partition coefficient (Wildman–Crippen LogP) is 3.75. The molecule has 0 N–H and O–H groups in total. The van der Waals surface area contributed by atoms with Crippen molar-refractivity contribution in [2.45, 2.75) is 56.6 Å². The summed E-state index contributed by atoms with van der Waals surface area (Å²) in [4.78, 5) is 17.1. The third-order valence-electron chi connectivity index (χ3n) is 5.72. The summed E-state index contributed by atoms with van der Waals surface area (Å²) in [5, 5.41) is 9.78. The van der Waals surface area contributed by atoms with Gasteiger partial charge in [-0.25, -0.2) is 0 Å². The summed E-state index contributed by atoms with van der Waals surface area (Å²) in [7, 11) is 0. The second-order valence-corrected chi connectivity index (χ2v) is 8.66. The largest absolute Gasteiger partial charge is 0.341 e. The zero-order valence-corrected chi connectivity index (χ0v) is 17.4. The molecule has 28 heavy (non-hydrogen) atoms. The van der Waals surface area contributed by atoms with Gasteiger partial charge in [-0.1, -0.05) is 30.0 Å². The van der Waals surface area contributed by atoms with Crippen molar-refractivity contribution in [3.63, 3.8) is 0 Å². The van der Waals surface area contributed by atoms with E-state index < -0.39 is 0 Å². The number of para-hydroxylation sites is 1. The quantitative estimate of drug-likeness (QED) is 0.717. The van der Waals surface area contributed by atoms with Crippen molar-refractivity contribution in [1.29, 1.82) is 0 Å². The second-order valence-electron chi connectivity index (χ2n) is 7.72. The Labute approximate surface area is 171 Å². The number of anilines is 1. The van der Waals surface area contributed by atoms with Crippen LogP contribution < -0.4 is 4.90 Å². The smallest absolute Gasteiger partial charge is 0.233 e. The number of piperidine rings is 2. The molecule has 0 bridgehead atoms. The summed E-state index contributed by atoms with van der Waals surface area (Å²) in [6.07, 6.45) is 7.10. The summed E-state index contributed by atoms with van der Waals surface area (Å²) in [5.41, 5.74) is 1.05. The molecule has 0 aliphatic carbocycles. The average molecular weight is 400 g/mol. The number of benzene rings is 1. The molecule has 0 radical (unpaired) electrons. The molecule has 1 amide bonds. The number of thioether (sulfide) groups is 1. The maximum Gasteiger partial charge on any atom is 0.233 e. The van der Waals surface area contributed by atoms with Gasteiger partial charge in [-0.05, 0) is 57.6 Å². The van der Waals surface area contributed by atoms with Crippen LogP contribution in [0.4, 0.5) is 5.95 Å². The van der Waals surface area contributed by atoms with E-state index in [2.05, 4.69) is 38.7 Å². The van der Waals surface area contributed by atoms with E-state index in [1.54, 1.807) is 0 Å². The molecule has 0 spiro atoms. The van der Waals surface area contributed by atoms with Gasteiger partial charge < -0.3 is 9.80 Å². The lowest BCUT2D eigenvalue weighted by molar-refractivity contribution is -0.131. The Balaban J connectivity index is 1.54. The molecule has 2 aromatic rings.